The lowest BCUT2D eigenvalue weighted by Crippen LogP contribution is -2.00. The van der Waals surface area contributed by atoms with Crippen LogP contribution in [0.25, 0.3) is 0 Å². The van der Waals surface area contributed by atoms with Crippen LogP contribution in [0.4, 0.5) is 0 Å². The summed E-state index contributed by atoms with van der Waals surface area (Å²) in [6, 6.07) is 5.76. The molecule has 0 aliphatic heterocycles. The van der Waals surface area contributed by atoms with Crippen molar-refractivity contribution in [2.45, 2.75) is 12.5 Å². The highest BCUT2D eigenvalue weighted by molar-refractivity contribution is 7.07. The van der Waals surface area contributed by atoms with Gasteiger partial charge in [0.15, 0.2) is 0 Å². The molecule has 0 aliphatic rings. The predicted octanol–water partition coefficient (Wildman–Crippen LogP) is 2.42. The molecule has 0 saturated heterocycles. The van der Waals surface area contributed by atoms with E-state index in [4.69, 9.17) is 0 Å². The average molecular weight is 205 g/mol. The minimum atomic E-state index is -0.446. The first-order valence-corrected chi connectivity index (χ1v) is 5.39. The Morgan fingerprint density at radius 3 is 3.00 bits per heavy atom. The fraction of sp³-hybridized carbons (Fsp3) is 0.182. The van der Waals surface area contributed by atoms with E-state index in [0.29, 0.717) is 6.42 Å². The first-order chi connectivity index (χ1) is 6.86. The van der Waals surface area contributed by atoms with Crippen molar-refractivity contribution in [2.24, 2.45) is 0 Å². The van der Waals surface area contributed by atoms with Gasteiger partial charge in [-0.05, 0) is 34.0 Å². The molecule has 0 aliphatic carbocycles. The van der Waals surface area contributed by atoms with E-state index in [2.05, 4.69) is 10.4 Å². The van der Waals surface area contributed by atoms with Crippen LogP contribution in [0.2, 0.25) is 0 Å². The number of hydrogen-bond acceptors (Lipinski definition) is 3. The van der Waals surface area contributed by atoms with Gasteiger partial charge in [-0.15, -0.1) is 0 Å². The highest BCUT2D eigenvalue weighted by atomic mass is 32.1. The third-order valence-corrected chi connectivity index (χ3v) is 2.81. The van der Waals surface area contributed by atoms with Gasteiger partial charge in [-0.25, -0.2) is 0 Å². The molecule has 0 amide bonds. The van der Waals surface area contributed by atoms with E-state index in [0.717, 1.165) is 5.56 Å². The van der Waals surface area contributed by atoms with Gasteiger partial charge < -0.3 is 5.11 Å². The normalized spacial score (nSPS) is 12.6. The van der Waals surface area contributed by atoms with Crippen molar-refractivity contribution < 1.29 is 5.11 Å². The monoisotopic (exact) mass is 205 g/mol. The number of thiophene rings is 1. The molecule has 1 N–H and O–H groups in total. The van der Waals surface area contributed by atoms with Gasteiger partial charge in [0.2, 0.25) is 0 Å². The molecular formula is C11H11NOS. The molecule has 0 fully saturated rings. The van der Waals surface area contributed by atoms with Crippen molar-refractivity contribution in [3.63, 3.8) is 0 Å². The van der Waals surface area contributed by atoms with Gasteiger partial charge in [-0.1, -0.05) is 6.07 Å². The lowest BCUT2D eigenvalue weighted by molar-refractivity contribution is 0.178. The number of rotatable bonds is 3. The van der Waals surface area contributed by atoms with E-state index < -0.39 is 6.10 Å². The van der Waals surface area contributed by atoms with Gasteiger partial charge in [-0.3, -0.25) is 4.98 Å². The molecule has 0 spiro atoms. The SMILES string of the molecule is OC(Cc1ccsc1)c1cccnc1. The van der Waals surface area contributed by atoms with E-state index in [9.17, 15) is 5.11 Å². The Kier molecular flexibility index (Phi) is 2.91. The van der Waals surface area contributed by atoms with Gasteiger partial charge >= 0.3 is 0 Å². The van der Waals surface area contributed by atoms with E-state index in [1.165, 1.54) is 5.56 Å². The molecule has 1 unspecified atom stereocenters. The number of aromatic nitrogens is 1. The van der Waals surface area contributed by atoms with Crippen molar-refractivity contribution >= 4 is 11.3 Å². The first kappa shape index (κ1) is 9.37. The Hall–Kier alpha value is -1.19. The fourth-order valence-electron chi connectivity index (χ4n) is 1.32. The number of hydrogen-bond donors (Lipinski definition) is 1. The van der Waals surface area contributed by atoms with Gasteiger partial charge in [0.05, 0.1) is 6.10 Å². The van der Waals surface area contributed by atoms with Gasteiger partial charge in [-0.2, -0.15) is 11.3 Å². The minimum absolute atomic E-state index is 0.446. The Morgan fingerprint density at radius 2 is 2.36 bits per heavy atom. The molecule has 2 rings (SSSR count). The predicted molar refractivity (Wildman–Crippen MR) is 57.2 cm³/mol. The topological polar surface area (TPSA) is 33.1 Å². The highest BCUT2D eigenvalue weighted by Crippen LogP contribution is 2.18. The summed E-state index contributed by atoms with van der Waals surface area (Å²) in [5.41, 5.74) is 2.05. The molecular weight excluding hydrogens is 194 g/mol. The summed E-state index contributed by atoms with van der Waals surface area (Å²) in [7, 11) is 0. The zero-order chi connectivity index (χ0) is 9.80. The van der Waals surface area contributed by atoms with Crippen LogP contribution in [0.5, 0.6) is 0 Å². The third kappa shape index (κ3) is 2.19. The van der Waals surface area contributed by atoms with Crippen molar-refractivity contribution in [1.82, 2.24) is 4.98 Å². The number of aliphatic hydroxyl groups is 1. The summed E-state index contributed by atoms with van der Waals surface area (Å²) in [5.74, 6) is 0. The van der Waals surface area contributed by atoms with Crippen LogP contribution in [-0.4, -0.2) is 10.1 Å². The van der Waals surface area contributed by atoms with Crippen LogP contribution in [0.15, 0.2) is 41.4 Å². The maximum Gasteiger partial charge on any atom is 0.0845 e. The minimum Gasteiger partial charge on any atom is -0.388 e. The maximum absolute atomic E-state index is 9.86. The second-order valence-corrected chi connectivity index (χ2v) is 3.92. The summed E-state index contributed by atoms with van der Waals surface area (Å²) < 4.78 is 0. The molecule has 0 aromatic carbocycles. The van der Waals surface area contributed by atoms with Crippen molar-refractivity contribution in [1.29, 1.82) is 0 Å². The zero-order valence-electron chi connectivity index (χ0n) is 7.63. The van der Waals surface area contributed by atoms with Crippen LogP contribution >= 0.6 is 11.3 Å². The maximum atomic E-state index is 9.86. The first-order valence-electron chi connectivity index (χ1n) is 4.45. The fourth-order valence-corrected chi connectivity index (χ4v) is 2.00. The molecule has 1 atom stereocenters. The van der Waals surface area contributed by atoms with Gasteiger partial charge in [0.25, 0.3) is 0 Å². The van der Waals surface area contributed by atoms with Crippen molar-refractivity contribution in [3.8, 4) is 0 Å². The van der Waals surface area contributed by atoms with Crippen LogP contribution in [0.1, 0.15) is 17.2 Å². The molecule has 0 bridgehead atoms. The average Bonchev–Trinajstić information content (AvgIpc) is 2.72. The lowest BCUT2D eigenvalue weighted by Gasteiger charge is -2.08. The summed E-state index contributed by atoms with van der Waals surface area (Å²) in [5, 5.41) is 13.9. The Bertz CT molecular complexity index is 371. The number of aliphatic hydroxyl groups excluding tert-OH is 1. The molecule has 0 radical (unpaired) electrons. The Labute approximate surface area is 86.9 Å². The number of pyridine rings is 1. The Balaban J connectivity index is 2.07. The van der Waals surface area contributed by atoms with Crippen LogP contribution in [0.3, 0.4) is 0 Å². The molecule has 14 heavy (non-hydrogen) atoms. The molecule has 3 heteroatoms. The van der Waals surface area contributed by atoms with E-state index >= 15 is 0 Å². The van der Waals surface area contributed by atoms with Gasteiger partial charge in [0.1, 0.15) is 0 Å². The molecule has 0 saturated carbocycles. The van der Waals surface area contributed by atoms with Gasteiger partial charge in [0, 0.05) is 18.8 Å². The second-order valence-electron chi connectivity index (χ2n) is 3.14. The largest absolute Gasteiger partial charge is 0.388 e. The smallest absolute Gasteiger partial charge is 0.0845 e. The molecule has 2 aromatic heterocycles. The summed E-state index contributed by atoms with van der Waals surface area (Å²) in [6.07, 6.45) is 3.63. The third-order valence-electron chi connectivity index (χ3n) is 2.08. The van der Waals surface area contributed by atoms with E-state index in [1.54, 1.807) is 23.7 Å². The van der Waals surface area contributed by atoms with E-state index in [1.807, 2.05) is 23.6 Å². The molecule has 2 heterocycles. The van der Waals surface area contributed by atoms with Crippen LogP contribution < -0.4 is 0 Å². The summed E-state index contributed by atoms with van der Waals surface area (Å²) in [4.78, 5) is 3.98. The van der Waals surface area contributed by atoms with Crippen LogP contribution in [-0.2, 0) is 6.42 Å². The number of nitrogens with zero attached hydrogens (tertiary/aromatic N) is 1. The Morgan fingerprint density at radius 1 is 1.43 bits per heavy atom. The summed E-state index contributed by atoms with van der Waals surface area (Å²) >= 11 is 1.65. The second kappa shape index (κ2) is 4.35. The quantitative estimate of drug-likeness (QED) is 0.834. The van der Waals surface area contributed by atoms with Crippen molar-refractivity contribution in [2.75, 3.05) is 0 Å². The molecule has 72 valence electrons. The lowest BCUT2D eigenvalue weighted by atomic mass is 10.1. The van der Waals surface area contributed by atoms with E-state index in [-0.39, 0.29) is 0 Å². The molecule has 2 nitrogen and oxygen atoms in total. The standard InChI is InChI=1S/C11H11NOS/c13-11(6-9-3-5-14-8-9)10-2-1-4-12-7-10/h1-5,7-8,11,13H,6H2. The van der Waals surface area contributed by atoms with Crippen LogP contribution in [0, 0.1) is 0 Å². The summed E-state index contributed by atoms with van der Waals surface area (Å²) in [6.45, 7) is 0. The zero-order valence-corrected chi connectivity index (χ0v) is 8.45. The van der Waals surface area contributed by atoms with Crippen molar-refractivity contribution in [3.05, 3.63) is 52.5 Å². The highest BCUT2D eigenvalue weighted by Gasteiger charge is 2.08. The molecule has 2 aromatic rings.